The lowest BCUT2D eigenvalue weighted by Gasteiger charge is -2.09. The quantitative estimate of drug-likeness (QED) is 0.423. The highest BCUT2D eigenvalue weighted by Crippen LogP contribution is 2.32. The van der Waals surface area contributed by atoms with E-state index in [4.69, 9.17) is 9.97 Å². The lowest BCUT2D eigenvalue weighted by molar-refractivity contribution is 0.926. The summed E-state index contributed by atoms with van der Waals surface area (Å²) in [6, 6.07) is 12.0. The van der Waals surface area contributed by atoms with E-state index in [-0.39, 0.29) is 0 Å². The molecule has 27 heavy (non-hydrogen) atoms. The summed E-state index contributed by atoms with van der Waals surface area (Å²) in [5.74, 6) is 0.642. The number of aromatic nitrogens is 6. The van der Waals surface area contributed by atoms with Gasteiger partial charge in [-0.15, -0.1) is 5.10 Å². The van der Waals surface area contributed by atoms with Gasteiger partial charge in [-0.05, 0) is 59.6 Å². The van der Waals surface area contributed by atoms with E-state index in [1.54, 1.807) is 23.2 Å². The van der Waals surface area contributed by atoms with Crippen molar-refractivity contribution in [3.05, 3.63) is 70.8 Å². The second-order valence-corrected chi connectivity index (χ2v) is 7.24. The van der Waals surface area contributed by atoms with Crippen LogP contribution in [0, 0.1) is 13.8 Å². The molecule has 4 heterocycles. The summed E-state index contributed by atoms with van der Waals surface area (Å²) in [5, 5.41) is 5.60. The Labute approximate surface area is 163 Å². The Bertz CT molecular complexity index is 1300. The number of fused-ring (bicyclic) bond motifs is 3. The summed E-state index contributed by atoms with van der Waals surface area (Å²) in [6.07, 6.45) is 5.23. The maximum absolute atomic E-state index is 4.79. The van der Waals surface area contributed by atoms with E-state index >= 15 is 0 Å². The minimum absolute atomic E-state index is 0.642. The highest BCUT2D eigenvalue weighted by molar-refractivity contribution is 9.10. The Morgan fingerprint density at radius 2 is 1.85 bits per heavy atom. The zero-order valence-corrected chi connectivity index (χ0v) is 16.3. The molecule has 0 amide bonds. The summed E-state index contributed by atoms with van der Waals surface area (Å²) >= 11 is 3.66. The molecule has 0 aliphatic rings. The molecular formula is C20H15BrN6. The van der Waals surface area contributed by atoms with Crippen molar-refractivity contribution < 1.29 is 0 Å². The number of nitrogens with zero attached hydrogens (tertiary/aromatic N) is 6. The molecule has 0 N–H and O–H groups in total. The third-order valence-electron chi connectivity index (χ3n) is 4.85. The van der Waals surface area contributed by atoms with Crippen LogP contribution in [0.4, 0.5) is 0 Å². The molecule has 1 aromatic carbocycles. The SMILES string of the molecule is Cc1c(C)n(-c2ccccc2Br)c2ncn3nc(-c4cccnc4)nc3c12. The fraction of sp³-hybridized carbons (Fsp3) is 0.100. The molecular weight excluding hydrogens is 404 g/mol. The van der Waals surface area contributed by atoms with E-state index in [0.717, 1.165) is 43.7 Å². The highest BCUT2D eigenvalue weighted by Gasteiger charge is 2.20. The topological polar surface area (TPSA) is 60.9 Å². The summed E-state index contributed by atoms with van der Waals surface area (Å²) < 4.78 is 4.92. The van der Waals surface area contributed by atoms with E-state index in [2.05, 4.69) is 50.5 Å². The first-order valence-corrected chi connectivity index (χ1v) is 9.32. The van der Waals surface area contributed by atoms with Gasteiger partial charge in [0.25, 0.3) is 0 Å². The molecule has 0 spiro atoms. The van der Waals surface area contributed by atoms with E-state index in [1.165, 1.54) is 0 Å². The van der Waals surface area contributed by atoms with Gasteiger partial charge in [0.15, 0.2) is 17.1 Å². The van der Waals surface area contributed by atoms with Gasteiger partial charge in [0.2, 0.25) is 0 Å². The van der Waals surface area contributed by atoms with Crippen LogP contribution in [0.3, 0.4) is 0 Å². The zero-order chi connectivity index (χ0) is 18.5. The molecule has 0 aliphatic carbocycles. The van der Waals surface area contributed by atoms with Gasteiger partial charge in [0.05, 0.1) is 11.1 Å². The normalized spacial score (nSPS) is 11.5. The van der Waals surface area contributed by atoms with Crippen LogP contribution in [0.2, 0.25) is 0 Å². The van der Waals surface area contributed by atoms with E-state index < -0.39 is 0 Å². The van der Waals surface area contributed by atoms with E-state index in [0.29, 0.717) is 5.82 Å². The van der Waals surface area contributed by atoms with Crippen molar-refractivity contribution in [2.45, 2.75) is 13.8 Å². The van der Waals surface area contributed by atoms with Crippen molar-refractivity contribution >= 4 is 32.6 Å². The average Bonchev–Trinajstić information content (AvgIpc) is 3.23. The van der Waals surface area contributed by atoms with Crippen molar-refractivity contribution in [3.8, 4) is 17.1 Å². The van der Waals surface area contributed by atoms with Gasteiger partial charge in [-0.2, -0.15) is 0 Å². The molecule has 0 fully saturated rings. The minimum Gasteiger partial charge on any atom is -0.297 e. The van der Waals surface area contributed by atoms with Gasteiger partial charge < -0.3 is 0 Å². The van der Waals surface area contributed by atoms with Crippen LogP contribution in [-0.2, 0) is 0 Å². The molecule has 5 rings (SSSR count). The van der Waals surface area contributed by atoms with Gasteiger partial charge in [-0.3, -0.25) is 9.55 Å². The molecule has 4 aromatic heterocycles. The first kappa shape index (κ1) is 16.1. The monoisotopic (exact) mass is 418 g/mol. The molecule has 0 unspecified atom stereocenters. The first-order valence-electron chi connectivity index (χ1n) is 8.53. The Morgan fingerprint density at radius 1 is 1.00 bits per heavy atom. The molecule has 6 nitrogen and oxygen atoms in total. The third-order valence-corrected chi connectivity index (χ3v) is 5.52. The van der Waals surface area contributed by atoms with Crippen LogP contribution < -0.4 is 0 Å². The maximum Gasteiger partial charge on any atom is 0.183 e. The summed E-state index contributed by atoms with van der Waals surface area (Å²) in [5.41, 5.74) is 5.87. The standard InChI is InChI=1S/C20H15BrN6/c1-12-13(2)27(16-8-4-3-7-15(16)21)19-17(12)20-24-18(25-26(20)11-23-19)14-6-5-9-22-10-14/h3-11H,1-2H3. The largest absolute Gasteiger partial charge is 0.297 e. The Kier molecular flexibility index (Phi) is 3.58. The highest BCUT2D eigenvalue weighted by atomic mass is 79.9. The number of hydrogen-bond donors (Lipinski definition) is 0. The van der Waals surface area contributed by atoms with Crippen molar-refractivity contribution in [2.24, 2.45) is 0 Å². The number of benzene rings is 1. The Morgan fingerprint density at radius 3 is 2.63 bits per heavy atom. The maximum atomic E-state index is 4.79. The minimum atomic E-state index is 0.642. The number of rotatable bonds is 2. The lowest BCUT2D eigenvalue weighted by atomic mass is 10.2. The zero-order valence-electron chi connectivity index (χ0n) is 14.8. The number of pyridine rings is 1. The number of hydrogen-bond acceptors (Lipinski definition) is 4. The molecule has 0 atom stereocenters. The fourth-order valence-corrected chi connectivity index (χ4v) is 3.87. The first-order chi connectivity index (χ1) is 13.1. The second kappa shape index (κ2) is 5.99. The lowest BCUT2D eigenvalue weighted by Crippen LogP contribution is -2.00. The molecule has 0 aliphatic heterocycles. The molecule has 0 radical (unpaired) electrons. The van der Waals surface area contributed by atoms with Gasteiger partial charge in [-0.25, -0.2) is 14.5 Å². The molecule has 132 valence electrons. The van der Waals surface area contributed by atoms with Crippen LogP contribution in [0.15, 0.2) is 59.6 Å². The third kappa shape index (κ3) is 2.39. The van der Waals surface area contributed by atoms with Crippen LogP contribution in [0.1, 0.15) is 11.3 Å². The van der Waals surface area contributed by atoms with Gasteiger partial charge >= 0.3 is 0 Å². The Hall–Kier alpha value is -3.06. The number of aryl methyl sites for hydroxylation is 1. The van der Waals surface area contributed by atoms with Crippen molar-refractivity contribution in [1.29, 1.82) is 0 Å². The van der Waals surface area contributed by atoms with Crippen molar-refractivity contribution in [1.82, 2.24) is 29.1 Å². The van der Waals surface area contributed by atoms with E-state index in [1.807, 2.05) is 30.3 Å². The molecule has 0 bridgehead atoms. The van der Waals surface area contributed by atoms with Gasteiger partial charge in [0.1, 0.15) is 6.33 Å². The smallest absolute Gasteiger partial charge is 0.183 e. The van der Waals surface area contributed by atoms with Crippen LogP contribution in [-0.4, -0.2) is 29.1 Å². The van der Waals surface area contributed by atoms with Crippen LogP contribution in [0.5, 0.6) is 0 Å². The Balaban J connectivity index is 1.84. The summed E-state index contributed by atoms with van der Waals surface area (Å²) in [6.45, 7) is 4.20. The summed E-state index contributed by atoms with van der Waals surface area (Å²) in [7, 11) is 0. The average molecular weight is 419 g/mol. The van der Waals surface area contributed by atoms with Gasteiger partial charge in [0, 0.05) is 28.1 Å². The fourth-order valence-electron chi connectivity index (χ4n) is 3.41. The van der Waals surface area contributed by atoms with Gasteiger partial charge in [-0.1, -0.05) is 12.1 Å². The van der Waals surface area contributed by atoms with Crippen LogP contribution >= 0.6 is 15.9 Å². The molecule has 7 heteroatoms. The molecule has 0 saturated heterocycles. The second-order valence-electron chi connectivity index (χ2n) is 6.39. The summed E-state index contributed by atoms with van der Waals surface area (Å²) in [4.78, 5) is 13.7. The predicted molar refractivity (Wildman–Crippen MR) is 108 cm³/mol. The molecule has 0 saturated carbocycles. The number of para-hydroxylation sites is 1. The van der Waals surface area contributed by atoms with Crippen LogP contribution in [0.25, 0.3) is 33.8 Å². The number of halogens is 1. The predicted octanol–water partition coefficient (Wildman–Crippen LogP) is 4.51. The molecule has 5 aromatic rings. The van der Waals surface area contributed by atoms with E-state index in [9.17, 15) is 0 Å². The van der Waals surface area contributed by atoms with Crippen molar-refractivity contribution in [2.75, 3.05) is 0 Å². The van der Waals surface area contributed by atoms with Crippen molar-refractivity contribution in [3.63, 3.8) is 0 Å².